The second-order valence-electron chi connectivity index (χ2n) is 8.27. The Morgan fingerprint density at radius 1 is 0.969 bits per heavy atom. The van der Waals surface area contributed by atoms with Crippen LogP contribution in [-0.4, -0.2) is 40.8 Å². The van der Waals surface area contributed by atoms with E-state index in [1.807, 2.05) is 26.0 Å². The van der Waals surface area contributed by atoms with Gasteiger partial charge in [0, 0.05) is 0 Å². The van der Waals surface area contributed by atoms with Crippen LogP contribution in [-0.2, 0) is 14.8 Å². The molecule has 32 heavy (non-hydrogen) atoms. The van der Waals surface area contributed by atoms with Gasteiger partial charge in [0.15, 0.2) is 0 Å². The quantitative estimate of drug-likeness (QED) is 0.605. The van der Waals surface area contributed by atoms with Gasteiger partial charge in [0.25, 0.3) is 0 Å². The van der Waals surface area contributed by atoms with Gasteiger partial charge in [-0.05, 0) is 79.8 Å². The molecule has 0 radical (unpaired) electrons. The molecule has 0 saturated heterocycles. The maximum absolute atomic E-state index is 13.1. The number of carbonyl (C=O) groups excluding carboxylic acids is 1. The lowest BCUT2D eigenvalue weighted by Gasteiger charge is -2.30. The molecule has 176 valence electrons. The third kappa shape index (κ3) is 5.73. The van der Waals surface area contributed by atoms with Crippen molar-refractivity contribution in [2.75, 3.05) is 24.8 Å². The number of amides is 1. The van der Waals surface area contributed by atoms with Gasteiger partial charge in [0.1, 0.15) is 17.5 Å². The molecule has 0 spiro atoms. The molecule has 2 rings (SSSR count). The zero-order valence-corrected chi connectivity index (χ0v) is 20.9. The number of benzene rings is 2. The SMILES string of the molecule is COc1ccc(N(C(C)C(=O)NC(C)c2cc(C(C)C)c(OC)cc2C)S(C)(=O)=O)cc1. The molecular formula is C24H34N2O5S. The number of aryl methyl sites for hydroxylation is 1. The lowest BCUT2D eigenvalue weighted by atomic mass is 9.93. The Morgan fingerprint density at radius 2 is 1.56 bits per heavy atom. The monoisotopic (exact) mass is 462 g/mol. The highest BCUT2D eigenvalue weighted by atomic mass is 32.2. The fourth-order valence-electron chi connectivity index (χ4n) is 3.76. The number of sulfonamides is 1. The van der Waals surface area contributed by atoms with Crippen LogP contribution in [0.15, 0.2) is 36.4 Å². The first-order chi connectivity index (χ1) is 14.9. The fraction of sp³-hybridized carbons (Fsp3) is 0.458. The summed E-state index contributed by atoms with van der Waals surface area (Å²) in [5.41, 5.74) is 3.40. The second kappa shape index (κ2) is 10.3. The summed E-state index contributed by atoms with van der Waals surface area (Å²) >= 11 is 0. The third-order valence-corrected chi connectivity index (χ3v) is 6.72. The summed E-state index contributed by atoms with van der Waals surface area (Å²) in [6.07, 6.45) is 1.09. The molecule has 1 N–H and O–H groups in total. The molecule has 8 heteroatoms. The molecule has 0 aliphatic rings. The van der Waals surface area contributed by atoms with Crippen molar-refractivity contribution in [3.05, 3.63) is 53.1 Å². The van der Waals surface area contributed by atoms with Crippen molar-refractivity contribution in [1.29, 1.82) is 0 Å². The molecule has 0 bridgehead atoms. The van der Waals surface area contributed by atoms with Crippen LogP contribution in [0, 0.1) is 6.92 Å². The van der Waals surface area contributed by atoms with E-state index >= 15 is 0 Å². The van der Waals surface area contributed by atoms with Crippen LogP contribution in [0.25, 0.3) is 0 Å². The highest BCUT2D eigenvalue weighted by Crippen LogP contribution is 2.32. The Labute approximate surface area is 191 Å². The second-order valence-corrected chi connectivity index (χ2v) is 10.1. The highest BCUT2D eigenvalue weighted by Gasteiger charge is 2.30. The van der Waals surface area contributed by atoms with Gasteiger partial charge >= 0.3 is 0 Å². The van der Waals surface area contributed by atoms with Crippen LogP contribution in [0.2, 0.25) is 0 Å². The topological polar surface area (TPSA) is 84.9 Å². The Hall–Kier alpha value is -2.74. The van der Waals surface area contributed by atoms with E-state index in [9.17, 15) is 13.2 Å². The molecule has 2 aromatic carbocycles. The zero-order chi connectivity index (χ0) is 24.2. The minimum Gasteiger partial charge on any atom is -0.497 e. The van der Waals surface area contributed by atoms with Crippen molar-refractivity contribution in [3.63, 3.8) is 0 Å². The number of anilines is 1. The predicted molar refractivity (Wildman–Crippen MR) is 128 cm³/mol. The normalized spacial score (nSPS) is 13.4. The first-order valence-electron chi connectivity index (χ1n) is 10.5. The molecule has 0 heterocycles. The van der Waals surface area contributed by atoms with Gasteiger partial charge < -0.3 is 14.8 Å². The third-order valence-electron chi connectivity index (χ3n) is 5.48. The number of methoxy groups -OCH3 is 2. The predicted octanol–water partition coefficient (Wildman–Crippen LogP) is 4.17. The van der Waals surface area contributed by atoms with Gasteiger partial charge in [-0.1, -0.05) is 13.8 Å². The zero-order valence-electron chi connectivity index (χ0n) is 20.1. The molecule has 0 saturated carbocycles. The fourth-order valence-corrected chi connectivity index (χ4v) is 4.93. The summed E-state index contributed by atoms with van der Waals surface area (Å²) in [6.45, 7) is 9.60. The van der Waals surface area contributed by atoms with Crippen molar-refractivity contribution in [2.24, 2.45) is 0 Å². The van der Waals surface area contributed by atoms with Crippen molar-refractivity contribution >= 4 is 21.6 Å². The summed E-state index contributed by atoms with van der Waals surface area (Å²) in [7, 11) is -0.523. The Kier molecular flexibility index (Phi) is 8.18. The van der Waals surface area contributed by atoms with Gasteiger partial charge in [-0.15, -0.1) is 0 Å². The summed E-state index contributed by atoms with van der Waals surface area (Å²) in [5.74, 6) is 1.28. The molecule has 0 aliphatic carbocycles. The van der Waals surface area contributed by atoms with Crippen LogP contribution in [0.4, 0.5) is 5.69 Å². The Morgan fingerprint density at radius 3 is 2.03 bits per heavy atom. The van der Waals surface area contributed by atoms with Crippen LogP contribution in [0.3, 0.4) is 0 Å². The molecule has 0 aliphatic heterocycles. The average Bonchev–Trinajstić information content (AvgIpc) is 2.72. The molecule has 0 fully saturated rings. The van der Waals surface area contributed by atoms with E-state index in [-0.39, 0.29) is 17.9 Å². The summed E-state index contributed by atoms with van der Waals surface area (Å²) < 4.78 is 36.8. The molecule has 2 atom stereocenters. The minimum absolute atomic E-state index is 0.252. The van der Waals surface area contributed by atoms with Gasteiger partial charge in [-0.2, -0.15) is 0 Å². The van der Waals surface area contributed by atoms with Crippen LogP contribution < -0.4 is 19.1 Å². The number of carbonyl (C=O) groups is 1. The number of ether oxygens (including phenoxy) is 2. The number of nitrogens with one attached hydrogen (secondary N) is 1. The maximum Gasteiger partial charge on any atom is 0.244 e. The van der Waals surface area contributed by atoms with Crippen LogP contribution in [0.5, 0.6) is 11.5 Å². The number of hydrogen-bond acceptors (Lipinski definition) is 5. The van der Waals surface area contributed by atoms with Gasteiger partial charge in [-0.3, -0.25) is 9.10 Å². The van der Waals surface area contributed by atoms with E-state index in [1.54, 1.807) is 38.3 Å². The molecule has 1 amide bonds. The Bertz CT molecular complexity index is 1050. The largest absolute Gasteiger partial charge is 0.497 e. The molecule has 2 unspecified atom stereocenters. The number of hydrogen-bond donors (Lipinski definition) is 1. The standard InChI is InChI=1S/C24H34N2O5S/c1-15(2)21-14-22(16(3)13-23(21)31-7)17(4)25-24(27)18(5)26(32(8,28)29)19-9-11-20(30-6)12-10-19/h9-15,17-18H,1-8H3,(H,25,27). The van der Waals surface area contributed by atoms with Gasteiger partial charge in [0.2, 0.25) is 15.9 Å². The van der Waals surface area contributed by atoms with Crippen molar-refractivity contribution < 1.29 is 22.7 Å². The minimum atomic E-state index is -3.70. The van der Waals surface area contributed by atoms with Crippen LogP contribution >= 0.6 is 0 Å². The molecule has 0 aromatic heterocycles. The molecular weight excluding hydrogens is 428 g/mol. The van der Waals surface area contributed by atoms with E-state index in [1.165, 1.54) is 7.11 Å². The van der Waals surface area contributed by atoms with Crippen molar-refractivity contribution in [3.8, 4) is 11.5 Å². The van der Waals surface area contributed by atoms with Crippen LogP contribution in [0.1, 0.15) is 56.3 Å². The van der Waals surface area contributed by atoms with E-state index in [0.29, 0.717) is 11.4 Å². The summed E-state index contributed by atoms with van der Waals surface area (Å²) in [5, 5.41) is 2.97. The molecule has 2 aromatic rings. The lowest BCUT2D eigenvalue weighted by Crippen LogP contribution is -2.48. The average molecular weight is 463 g/mol. The lowest BCUT2D eigenvalue weighted by molar-refractivity contribution is -0.122. The van der Waals surface area contributed by atoms with Gasteiger partial charge in [-0.25, -0.2) is 8.42 Å². The maximum atomic E-state index is 13.1. The van der Waals surface area contributed by atoms with E-state index < -0.39 is 16.1 Å². The van der Waals surface area contributed by atoms with E-state index in [2.05, 4.69) is 19.2 Å². The van der Waals surface area contributed by atoms with Crippen molar-refractivity contribution in [2.45, 2.75) is 52.6 Å². The highest BCUT2D eigenvalue weighted by molar-refractivity contribution is 7.92. The number of rotatable bonds is 9. The van der Waals surface area contributed by atoms with E-state index in [0.717, 1.165) is 33.0 Å². The smallest absolute Gasteiger partial charge is 0.244 e. The summed E-state index contributed by atoms with van der Waals surface area (Å²) in [4.78, 5) is 13.1. The first kappa shape index (κ1) is 25.5. The Balaban J connectivity index is 2.32. The van der Waals surface area contributed by atoms with Gasteiger partial charge in [0.05, 0.1) is 32.2 Å². The number of nitrogens with zero attached hydrogens (tertiary/aromatic N) is 1. The molecule has 7 nitrogen and oxygen atoms in total. The van der Waals surface area contributed by atoms with E-state index in [4.69, 9.17) is 9.47 Å². The first-order valence-corrected chi connectivity index (χ1v) is 12.4. The van der Waals surface area contributed by atoms with Crippen molar-refractivity contribution in [1.82, 2.24) is 5.32 Å². The summed E-state index contributed by atoms with van der Waals surface area (Å²) in [6, 6.07) is 9.33.